The summed E-state index contributed by atoms with van der Waals surface area (Å²) in [7, 11) is 1.58. The van der Waals surface area contributed by atoms with E-state index in [1.807, 2.05) is 13.8 Å². The van der Waals surface area contributed by atoms with Crippen LogP contribution in [0.5, 0.6) is 0 Å². The van der Waals surface area contributed by atoms with Crippen LogP contribution < -0.4 is 16.6 Å². The lowest BCUT2D eigenvalue weighted by molar-refractivity contribution is -0.125. The summed E-state index contributed by atoms with van der Waals surface area (Å²) in [5.41, 5.74) is 5.68. The molecule has 6 nitrogen and oxygen atoms in total. The van der Waals surface area contributed by atoms with Gasteiger partial charge in [-0.2, -0.15) is 0 Å². The third-order valence-electron chi connectivity index (χ3n) is 4.00. The SMILES string of the molecule is CCC(CC)(CN)C(=O)Nc1ccc(=O)n(CCOC)c1. The summed E-state index contributed by atoms with van der Waals surface area (Å²) >= 11 is 0. The molecule has 1 aromatic rings. The molecule has 1 rings (SSSR count). The number of rotatable bonds is 8. The highest BCUT2D eigenvalue weighted by atomic mass is 16.5. The third kappa shape index (κ3) is 4.15. The second-order valence-electron chi connectivity index (χ2n) is 5.09. The van der Waals surface area contributed by atoms with Gasteiger partial charge in [0.25, 0.3) is 5.56 Å². The zero-order chi connectivity index (χ0) is 15.9. The van der Waals surface area contributed by atoms with Gasteiger partial charge in [0.05, 0.1) is 17.7 Å². The maximum atomic E-state index is 12.4. The number of carbonyl (C=O) groups is 1. The van der Waals surface area contributed by atoms with Crippen LogP contribution in [-0.4, -0.2) is 30.7 Å². The van der Waals surface area contributed by atoms with E-state index in [2.05, 4.69) is 5.32 Å². The zero-order valence-corrected chi connectivity index (χ0v) is 13.0. The van der Waals surface area contributed by atoms with Gasteiger partial charge in [0.15, 0.2) is 0 Å². The van der Waals surface area contributed by atoms with Gasteiger partial charge in [0, 0.05) is 32.5 Å². The van der Waals surface area contributed by atoms with Gasteiger partial charge in [-0.15, -0.1) is 0 Å². The molecule has 21 heavy (non-hydrogen) atoms. The van der Waals surface area contributed by atoms with E-state index in [9.17, 15) is 9.59 Å². The zero-order valence-electron chi connectivity index (χ0n) is 13.0. The fraction of sp³-hybridized carbons (Fsp3) is 0.600. The summed E-state index contributed by atoms with van der Waals surface area (Å²) in [6, 6.07) is 3.05. The predicted octanol–water partition coefficient (Wildman–Crippen LogP) is 1.20. The van der Waals surface area contributed by atoms with Crippen LogP contribution in [0.3, 0.4) is 0 Å². The van der Waals surface area contributed by atoms with E-state index in [4.69, 9.17) is 10.5 Å². The number of ether oxygens (including phenoxy) is 1. The molecule has 0 radical (unpaired) electrons. The maximum Gasteiger partial charge on any atom is 0.250 e. The van der Waals surface area contributed by atoms with Crippen LogP contribution in [0.1, 0.15) is 26.7 Å². The molecule has 0 saturated heterocycles. The molecular formula is C15H25N3O3. The van der Waals surface area contributed by atoms with Gasteiger partial charge in [-0.25, -0.2) is 0 Å². The van der Waals surface area contributed by atoms with E-state index < -0.39 is 5.41 Å². The van der Waals surface area contributed by atoms with Crippen LogP contribution in [0.4, 0.5) is 5.69 Å². The number of hydrogen-bond acceptors (Lipinski definition) is 4. The Balaban J connectivity index is 2.92. The van der Waals surface area contributed by atoms with Crippen LogP contribution in [0, 0.1) is 5.41 Å². The molecule has 118 valence electrons. The molecule has 0 aliphatic heterocycles. The van der Waals surface area contributed by atoms with Gasteiger partial charge >= 0.3 is 0 Å². The Morgan fingerprint density at radius 1 is 1.38 bits per heavy atom. The molecule has 0 atom stereocenters. The second-order valence-corrected chi connectivity index (χ2v) is 5.09. The molecule has 1 aromatic heterocycles. The number of nitrogens with two attached hydrogens (primary N) is 1. The molecule has 0 spiro atoms. The van der Waals surface area contributed by atoms with E-state index in [-0.39, 0.29) is 11.5 Å². The van der Waals surface area contributed by atoms with Crippen molar-refractivity contribution in [3.05, 3.63) is 28.7 Å². The summed E-state index contributed by atoms with van der Waals surface area (Å²) in [6.07, 6.45) is 2.98. The predicted molar refractivity (Wildman–Crippen MR) is 83.3 cm³/mol. The van der Waals surface area contributed by atoms with E-state index in [0.717, 1.165) is 0 Å². The van der Waals surface area contributed by atoms with Crippen LogP contribution >= 0.6 is 0 Å². The van der Waals surface area contributed by atoms with Crippen molar-refractivity contribution in [1.29, 1.82) is 0 Å². The lowest BCUT2D eigenvalue weighted by Crippen LogP contribution is -2.41. The standard InChI is InChI=1S/C15H25N3O3/c1-4-15(5-2,11-16)14(20)17-12-6-7-13(19)18(10-12)8-9-21-3/h6-7,10H,4-5,8-9,11,16H2,1-3H3,(H,17,20). The largest absolute Gasteiger partial charge is 0.383 e. The average Bonchev–Trinajstić information content (AvgIpc) is 2.50. The first-order valence-corrected chi connectivity index (χ1v) is 7.24. The number of pyridine rings is 1. The number of nitrogens with one attached hydrogen (secondary N) is 1. The third-order valence-corrected chi connectivity index (χ3v) is 4.00. The number of aromatic nitrogens is 1. The molecule has 1 heterocycles. The molecule has 0 unspecified atom stereocenters. The van der Waals surface area contributed by atoms with Crippen LogP contribution in [-0.2, 0) is 16.1 Å². The minimum absolute atomic E-state index is 0.105. The molecule has 0 bridgehead atoms. The van der Waals surface area contributed by atoms with E-state index >= 15 is 0 Å². The van der Waals surface area contributed by atoms with E-state index in [0.29, 0.717) is 38.2 Å². The van der Waals surface area contributed by atoms with Crippen molar-refractivity contribution in [3.8, 4) is 0 Å². The molecule has 0 saturated carbocycles. The fourth-order valence-corrected chi connectivity index (χ4v) is 2.19. The molecule has 0 aromatic carbocycles. The maximum absolute atomic E-state index is 12.4. The first kappa shape index (κ1) is 17.4. The minimum Gasteiger partial charge on any atom is -0.383 e. The van der Waals surface area contributed by atoms with Crippen LogP contribution in [0.15, 0.2) is 23.1 Å². The lowest BCUT2D eigenvalue weighted by Gasteiger charge is -2.28. The number of anilines is 1. The number of hydrogen-bond donors (Lipinski definition) is 2. The van der Waals surface area contributed by atoms with Gasteiger partial charge in [0.2, 0.25) is 5.91 Å². The van der Waals surface area contributed by atoms with Crippen molar-refractivity contribution in [2.75, 3.05) is 25.6 Å². The Morgan fingerprint density at radius 2 is 2.05 bits per heavy atom. The highest BCUT2D eigenvalue weighted by Crippen LogP contribution is 2.26. The van der Waals surface area contributed by atoms with Crippen molar-refractivity contribution in [2.24, 2.45) is 11.1 Å². The minimum atomic E-state index is -0.562. The van der Waals surface area contributed by atoms with Gasteiger partial charge in [0.1, 0.15) is 0 Å². The second kappa shape index (κ2) is 7.95. The smallest absolute Gasteiger partial charge is 0.250 e. The quantitative estimate of drug-likeness (QED) is 0.754. The normalized spacial score (nSPS) is 11.4. The average molecular weight is 295 g/mol. The summed E-state index contributed by atoms with van der Waals surface area (Å²) in [5, 5.41) is 2.86. The summed E-state index contributed by atoms with van der Waals surface area (Å²) in [4.78, 5) is 24.1. The molecule has 0 fully saturated rings. The van der Waals surface area contributed by atoms with E-state index in [1.165, 1.54) is 10.6 Å². The Bertz CT molecular complexity index is 513. The van der Waals surface area contributed by atoms with E-state index in [1.54, 1.807) is 19.4 Å². The molecule has 1 amide bonds. The van der Waals surface area contributed by atoms with Crippen LogP contribution in [0.25, 0.3) is 0 Å². The molecule has 0 aliphatic carbocycles. The monoisotopic (exact) mass is 295 g/mol. The van der Waals surface area contributed by atoms with Gasteiger partial charge in [-0.1, -0.05) is 13.8 Å². The highest BCUT2D eigenvalue weighted by molar-refractivity contribution is 5.95. The summed E-state index contributed by atoms with van der Waals surface area (Å²) in [5.74, 6) is -0.105. The van der Waals surface area contributed by atoms with Crippen molar-refractivity contribution in [1.82, 2.24) is 4.57 Å². The molecule has 0 aliphatic rings. The number of carbonyl (C=O) groups excluding carboxylic acids is 1. The lowest BCUT2D eigenvalue weighted by atomic mass is 9.81. The van der Waals surface area contributed by atoms with Crippen LogP contribution in [0.2, 0.25) is 0 Å². The van der Waals surface area contributed by atoms with Crippen molar-refractivity contribution >= 4 is 11.6 Å². The fourth-order valence-electron chi connectivity index (χ4n) is 2.19. The van der Waals surface area contributed by atoms with Crippen molar-refractivity contribution in [2.45, 2.75) is 33.2 Å². The van der Waals surface area contributed by atoms with Crippen molar-refractivity contribution in [3.63, 3.8) is 0 Å². The Hall–Kier alpha value is -1.66. The number of nitrogens with zero attached hydrogens (tertiary/aromatic N) is 1. The summed E-state index contributed by atoms with van der Waals surface area (Å²) in [6.45, 7) is 5.09. The molecular weight excluding hydrogens is 270 g/mol. The first-order chi connectivity index (χ1) is 10.0. The Morgan fingerprint density at radius 3 is 2.57 bits per heavy atom. The molecule has 6 heteroatoms. The topological polar surface area (TPSA) is 86.4 Å². The molecule has 3 N–H and O–H groups in total. The van der Waals surface area contributed by atoms with Crippen molar-refractivity contribution < 1.29 is 9.53 Å². The highest BCUT2D eigenvalue weighted by Gasteiger charge is 2.33. The number of methoxy groups -OCH3 is 1. The number of amides is 1. The van der Waals surface area contributed by atoms with Gasteiger partial charge in [-0.3, -0.25) is 9.59 Å². The Labute approximate surface area is 125 Å². The van der Waals surface area contributed by atoms with Gasteiger partial charge in [-0.05, 0) is 18.9 Å². The Kier molecular flexibility index (Phi) is 6.58. The van der Waals surface area contributed by atoms with Gasteiger partial charge < -0.3 is 20.4 Å². The summed E-state index contributed by atoms with van der Waals surface area (Å²) < 4.78 is 6.48. The first-order valence-electron chi connectivity index (χ1n) is 7.24.